The summed E-state index contributed by atoms with van der Waals surface area (Å²) in [6, 6.07) is 10.9. The van der Waals surface area contributed by atoms with Gasteiger partial charge in [-0.15, -0.1) is 0 Å². The number of fused-ring (bicyclic) bond motifs is 1. The number of nitrogens with zero attached hydrogens (tertiary/aromatic N) is 3. The molecule has 4 rings (SSSR count). The van der Waals surface area contributed by atoms with Gasteiger partial charge >= 0.3 is 197 Å². The van der Waals surface area contributed by atoms with E-state index in [9.17, 15) is 27.2 Å². The normalized spacial score (nSPS) is 11.9. The maximum absolute atomic E-state index is 13.9. The summed E-state index contributed by atoms with van der Waals surface area (Å²) in [5.74, 6) is -2.03. The van der Waals surface area contributed by atoms with Crippen LogP contribution in [0.15, 0.2) is 60.9 Å². The van der Waals surface area contributed by atoms with Crippen LogP contribution in [-0.2, 0) is 10.9 Å². The summed E-state index contributed by atoms with van der Waals surface area (Å²) in [7, 11) is 0. The molecule has 4 aromatic rings. The van der Waals surface area contributed by atoms with E-state index in [1.807, 2.05) is 0 Å². The Balaban J connectivity index is 1.62. The molecule has 0 spiro atoms. The molecule has 173 valence electrons. The first-order valence-corrected chi connectivity index (χ1v) is 11.8. The van der Waals surface area contributed by atoms with Crippen molar-refractivity contribution >= 4 is 36.3 Å². The van der Waals surface area contributed by atoms with Gasteiger partial charge in [-0.25, -0.2) is 0 Å². The molecule has 0 amide bonds. The number of aromatic nitrogens is 3. The summed E-state index contributed by atoms with van der Waals surface area (Å²) in [4.78, 5) is 29.0. The molecule has 0 bridgehead atoms. The molecule has 1 radical (unpaired) electrons. The molecule has 2 aromatic heterocycles. The second-order valence-corrected chi connectivity index (χ2v) is 9.41. The van der Waals surface area contributed by atoms with E-state index in [0.717, 1.165) is 6.07 Å². The number of hydrogen-bond acceptors (Lipinski definition) is 5. The van der Waals surface area contributed by atoms with Gasteiger partial charge in [0.05, 0.1) is 0 Å². The Hall–Kier alpha value is -3.52. The molecule has 2 heterocycles. The number of halogens is 4. The zero-order chi connectivity index (χ0) is 24.5. The molecule has 11 heteroatoms. The Kier molecular flexibility index (Phi) is 6.52. The van der Waals surface area contributed by atoms with Crippen LogP contribution in [0.2, 0.25) is 0 Å². The fourth-order valence-corrected chi connectivity index (χ4v) is 5.08. The van der Waals surface area contributed by atoms with Gasteiger partial charge < -0.3 is 0 Å². The number of carbonyl (C=O) groups is 2. The number of ether oxygens (including phenoxy) is 1. The molecular weight excluding hydrogens is 517 g/mol. The summed E-state index contributed by atoms with van der Waals surface area (Å²) in [5.41, 5.74) is 0.289. The first kappa shape index (κ1) is 23.6. The minimum absolute atomic E-state index is 0.117. The molecular formula is C23H15AsF4N3O3. The zero-order valence-corrected chi connectivity index (χ0v) is 19.4. The van der Waals surface area contributed by atoms with Gasteiger partial charge in [0, 0.05) is 0 Å². The van der Waals surface area contributed by atoms with Crippen molar-refractivity contribution in [1.82, 2.24) is 14.6 Å². The number of benzene rings is 2. The van der Waals surface area contributed by atoms with E-state index in [0.29, 0.717) is 33.4 Å². The predicted molar refractivity (Wildman–Crippen MR) is 116 cm³/mol. The third-order valence-electron chi connectivity index (χ3n) is 4.79. The van der Waals surface area contributed by atoms with Gasteiger partial charge in [0.15, 0.2) is 0 Å². The van der Waals surface area contributed by atoms with E-state index in [1.54, 1.807) is 37.3 Å². The zero-order valence-electron chi connectivity index (χ0n) is 17.5. The monoisotopic (exact) mass is 532 g/mol. The average Bonchev–Trinajstić information content (AvgIpc) is 3.23. The van der Waals surface area contributed by atoms with Gasteiger partial charge in [0.25, 0.3) is 0 Å². The molecule has 0 aliphatic carbocycles. The van der Waals surface area contributed by atoms with Crippen molar-refractivity contribution in [3.05, 3.63) is 83.4 Å². The van der Waals surface area contributed by atoms with Crippen molar-refractivity contribution < 1.29 is 31.9 Å². The summed E-state index contributed by atoms with van der Waals surface area (Å²) in [6.45, 7) is 1.90. The molecule has 0 N–H and O–H groups in total. The van der Waals surface area contributed by atoms with Gasteiger partial charge in [-0.1, -0.05) is 0 Å². The van der Waals surface area contributed by atoms with Crippen molar-refractivity contribution in [3.8, 4) is 11.3 Å². The molecule has 0 fully saturated rings. The van der Waals surface area contributed by atoms with E-state index in [-0.39, 0.29) is 17.7 Å². The predicted octanol–water partition coefficient (Wildman–Crippen LogP) is 3.90. The molecule has 0 saturated carbocycles. The second-order valence-electron chi connectivity index (χ2n) is 7.00. The van der Waals surface area contributed by atoms with E-state index in [2.05, 4.69) is 10.1 Å². The Morgan fingerprint density at radius 3 is 2.62 bits per heavy atom. The standard InChI is InChI=1S/C23H15AsF4N3O3/c1-2-34-22(33)16-12-30-31-19(8-9-29-21(16)31)13-4-3-5-15(10-13)24-20(32)14-6-7-17(18(25)11-14)23(26,27)28/h3-12H,2H2,1H3. The van der Waals surface area contributed by atoms with Gasteiger partial charge in [-0.3, -0.25) is 0 Å². The van der Waals surface area contributed by atoms with E-state index < -0.39 is 43.8 Å². The van der Waals surface area contributed by atoms with E-state index >= 15 is 0 Å². The number of esters is 1. The van der Waals surface area contributed by atoms with Crippen LogP contribution in [0.4, 0.5) is 17.6 Å². The van der Waals surface area contributed by atoms with Crippen molar-refractivity contribution in [3.63, 3.8) is 0 Å². The van der Waals surface area contributed by atoms with Gasteiger partial charge in [0.1, 0.15) is 0 Å². The molecule has 0 saturated heterocycles. The Bertz CT molecular complexity index is 1400. The Labute approximate surface area is 197 Å². The number of hydrogen-bond donors (Lipinski definition) is 0. The topological polar surface area (TPSA) is 73.6 Å². The van der Waals surface area contributed by atoms with Crippen LogP contribution in [-0.4, -0.2) is 47.5 Å². The van der Waals surface area contributed by atoms with E-state index in [4.69, 9.17) is 4.74 Å². The van der Waals surface area contributed by atoms with Crippen LogP contribution < -0.4 is 4.35 Å². The first-order valence-electron chi connectivity index (χ1n) is 9.92. The van der Waals surface area contributed by atoms with Crippen LogP contribution in [0.3, 0.4) is 0 Å². The van der Waals surface area contributed by atoms with Crippen LogP contribution in [0.1, 0.15) is 33.2 Å². The molecule has 34 heavy (non-hydrogen) atoms. The molecule has 0 unspecified atom stereocenters. The van der Waals surface area contributed by atoms with Crippen molar-refractivity contribution in [1.29, 1.82) is 0 Å². The molecule has 2 aromatic carbocycles. The minimum atomic E-state index is -4.83. The van der Waals surface area contributed by atoms with Gasteiger partial charge in [-0.2, -0.15) is 0 Å². The molecule has 0 atom stereocenters. The van der Waals surface area contributed by atoms with Crippen LogP contribution in [0, 0.1) is 5.82 Å². The van der Waals surface area contributed by atoms with Crippen LogP contribution >= 0.6 is 0 Å². The molecule has 0 aliphatic rings. The Morgan fingerprint density at radius 1 is 1.12 bits per heavy atom. The number of alkyl halides is 3. The van der Waals surface area contributed by atoms with Gasteiger partial charge in [0.2, 0.25) is 0 Å². The van der Waals surface area contributed by atoms with Crippen LogP contribution in [0.25, 0.3) is 16.9 Å². The second kappa shape index (κ2) is 9.38. The molecule has 0 aliphatic heterocycles. The average molecular weight is 532 g/mol. The van der Waals surface area contributed by atoms with Gasteiger partial charge in [-0.05, 0) is 0 Å². The third-order valence-corrected chi connectivity index (χ3v) is 6.88. The van der Waals surface area contributed by atoms with Crippen molar-refractivity contribution in [2.24, 2.45) is 0 Å². The van der Waals surface area contributed by atoms with E-state index in [1.165, 1.54) is 16.9 Å². The fraction of sp³-hybridized carbons (Fsp3) is 0.130. The Morgan fingerprint density at radius 2 is 1.91 bits per heavy atom. The SMILES string of the molecule is CCOC(=O)c1cnn2c(-c3cccc([As]C(=O)c4ccc(C(F)(F)F)c(F)c4)c3)ccnc12. The van der Waals surface area contributed by atoms with Crippen molar-refractivity contribution in [2.75, 3.05) is 6.61 Å². The summed E-state index contributed by atoms with van der Waals surface area (Å²) in [6.07, 6.45) is -1.95. The fourth-order valence-electron chi connectivity index (χ4n) is 3.26. The number of rotatable bonds is 6. The van der Waals surface area contributed by atoms with Crippen molar-refractivity contribution in [2.45, 2.75) is 13.1 Å². The summed E-state index contributed by atoms with van der Waals surface area (Å²) < 4.78 is 58.9. The summed E-state index contributed by atoms with van der Waals surface area (Å²) in [5, 5.41) is 4.23. The maximum atomic E-state index is 13.9. The quantitative estimate of drug-likeness (QED) is 0.214. The third kappa shape index (κ3) is 4.72. The molecule has 6 nitrogen and oxygen atoms in total. The summed E-state index contributed by atoms with van der Waals surface area (Å²) >= 11 is -1.16. The van der Waals surface area contributed by atoms with Crippen LogP contribution in [0.5, 0.6) is 0 Å². The first-order chi connectivity index (χ1) is 16.2. The number of carbonyl (C=O) groups excluding carboxylic acids is 2.